The summed E-state index contributed by atoms with van der Waals surface area (Å²) in [7, 11) is 3.93. The maximum atomic E-state index is 5.99. The van der Waals surface area contributed by atoms with Crippen LogP contribution in [0.5, 0.6) is 0 Å². The molecule has 0 aliphatic carbocycles. The lowest BCUT2D eigenvalue weighted by atomic mass is 10.4. The second kappa shape index (κ2) is 10.00. The summed E-state index contributed by atoms with van der Waals surface area (Å²) in [6.07, 6.45) is 1.80. The Morgan fingerprint density at radius 3 is 2.79 bits per heavy atom. The molecule has 0 bridgehead atoms. The average Bonchev–Trinajstić information content (AvgIpc) is 3.07. The molecule has 132 valence electrons. The Hall–Kier alpha value is -1.13. The maximum Gasteiger partial charge on any atom is 0.194 e. The van der Waals surface area contributed by atoms with Crippen LogP contribution in [0.4, 0.5) is 0 Å². The van der Waals surface area contributed by atoms with E-state index < -0.39 is 0 Å². The van der Waals surface area contributed by atoms with Crippen molar-refractivity contribution in [3.63, 3.8) is 0 Å². The number of hydrogen-bond acceptors (Lipinski definition) is 4. The molecule has 0 aromatic carbocycles. The van der Waals surface area contributed by atoms with E-state index in [1.165, 1.54) is 4.88 Å². The van der Waals surface area contributed by atoms with Gasteiger partial charge in [-0.2, -0.15) is 0 Å². The number of rotatable bonds is 6. The number of halogens is 2. The summed E-state index contributed by atoms with van der Waals surface area (Å²) in [4.78, 5) is 7.87. The van der Waals surface area contributed by atoms with E-state index in [-0.39, 0.29) is 24.0 Å². The average molecular weight is 481 g/mol. The molecule has 2 rings (SSSR count). The third-order valence-corrected chi connectivity index (χ3v) is 4.56. The molecule has 1 N–H and O–H groups in total. The zero-order valence-corrected chi connectivity index (χ0v) is 17.9. The zero-order valence-electron chi connectivity index (χ0n) is 14.0. The van der Waals surface area contributed by atoms with Crippen LogP contribution in [-0.4, -0.2) is 39.2 Å². The zero-order chi connectivity index (χ0) is 16.8. The SMILES string of the molecule is C=CCNC(=NCc1nnc(C)n1C)N(C)Cc1ccc(Cl)s1.I. The molecule has 0 fully saturated rings. The van der Waals surface area contributed by atoms with Gasteiger partial charge in [0.15, 0.2) is 11.8 Å². The minimum atomic E-state index is 0. The van der Waals surface area contributed by atoms with Gasteiger partial charge < -0.3 is 14.8 Å². The molecular weight excluding hydrogens is 459 g/mol. The molecule has 2 aromatic rings. The molecule has 9 heteroatoms. The quantitative estimate of drug-likeness (QED) is 0.298. The van der Waals surface area contributed by atoms with Crippen molar-refractivity contribution in [1.82, 2.24) is 25.0 Å². The van der Waals surface area contributed by atoms with Crippen molar-refractivity contribution >= 4 is 52.9 Å². The minimum absolute atomic E-state index is 0. The van der Waals surface area contributed by atoms with Gasteiger partial charge in [-0.3, -0.25) is 0 Å². The van der Waals surface area contributed by atoms with E-state index in [0.717, 1.165) is 28.5 Å². The lowest BCUT2D eigenvalue weighted by Gasteiger charge is -2.21. The third-order valence-electron chi connectivity index (χ3n) is 3.34. The summed E-state index contributed by atoms with van der Waals surface area (Å²) < 4.78 is 2.73. The van der Waals surface area contributed by atoms with Crippen molar-refractivity contribution < 1.29 is 0 Å². The highest BCUT2D eigenvalue weighted by atomic mass is 127. The number of nitrogens with zero attached hydrogens (tertiary/aromatic N) is 5. The number of nitrogens with one attached hydrogen (secondary N) is 1. The Bertz CT molecular complexity index is 696. The highest BCUT2D eigenvalue weighted by Gasteiger charge is 2.10. The highest BCUT2D eigenvalue weighted by Crippen LogP contribution is 2.22. The van der Waals surface area contributed by atoms with Crippen LogP contribution in [0.2, 0.25) is 4.34 Å². The number of aliphatic imine (C=N–C) groups is 1. The summed E-state index contributed by atoms with van der Waals surface area (Å²) >= 11 is 7.56. The van der Waals surface area contributed by atoms with E-state index in [0.29, 0.717) is 13.1 Å². The topological polar surface area (TPSA) is 58.3 Å². The first kappa shape index (κ1) is 20.9. The largest absolute Gasteiger partial charge is 0.353 e. The van der Waals surface area contributed by atoms with Gasteiger partial charge in [0.05, 0.1) is 10.9 Å². The third kappa shape index (κ3) is 5.75. The number of aryl methyl sites for hydroxylation is 1. The molecule has 0 aliphatic heterocycles. The van der Waals surface area contributed by atoms with Gasteiger partial charge in [-0.1, -0.05) is 17.7 Å². The molecule has 0 radical (unpaired) electrons. The van der Waals surface area contributed by atoms with Crippen LogP contribution in [0.3, 0.4) is 0 Å². The maximum absolute atomic E-state index is 5.99. The van der Waals surface area contributed by atoms with Gasteiger partial charge in [0.1, 0.15) is 12.4 Å². The molecule has 0 saturated heterocycles. The second-order valence-corrected chi connectivity index (χ2v) is 6.89. The summed E-state index contributed by atoms with van der Waals surface area (Å²) in [6, 6.07) is 3.94. The van der Waals surface area contributed by atoms with Crippen molar-refractivity contribution in [3.05, 3.63) is 45.6 Å². The summed E-state index contributed by atoms with van der Waals surface area (Å²) in [5.74, 6) is 2.49. The van der Waals surface area contributed by atoms with Crippen molar-refractivity contribution in [2.24, 2.45) is 12.0 Å². The monoisotopic (exact) mass is 480 g/mol. The van der Waals surface area contributed by atoms with Crippen LogP contribution in [0.15, 0.2) is 29.8 Å². The molecule has 0 aliphatic rings. The van der Waals surface area contributed by atoms with E-state index in [1.54, 1.807) is 17.4 Å². The fraction of sp³-hybridized carbons (Fsp3) is 0.400. The lowest BCUT2D eigenvalue weighted by molar-refractivity contribution is 0.482. The van der Waals surface area contributed by atoms with E-state index in [4.69, 9.17) is 11.6 Å². The molecule has 0 saturated carbocycles. The predicted octanol–water partition coefficient (Wildman–Crippen LogP) is 3.22. The first-order valence-electron chi connectivity index (χ1n) is 7.20. The Labute approximate surface area is 168 Å². The fourth-order valence-electron chi connectivity index (χ4n) is 1.95. The van der Waals surface area contributed by atoms with E-state index in [1.807, 2.05) is 37.7 Å². The molecule has 0 unspecified atom stereocenters. The molecule has 0 amide bonds. The van der Waals surface area contributed by atoms with Crippen LogP contribution < -0.4 is 5.32 Å². The molecule has 2 aromatic heterocycles. The van der Waals surface area contributed by atoms with Crippen molar-refractivity contribution in [2.75, 3.05) is 13.6 Å². The van der Waals surface area contributed by atoms with Crippen LogP contribution in [0, 0.1) is 6.92 Å². The van der Waals surface area contributed by atoms with Crippen molar-refractivity contribution in [1.29, 1.82) is 0 Å². The molecule has 0 atom stereocenters. The van der Waals surface area contributed by atoms with Gasteiger partial charge in [-0.05, 0) is 19.1 Å². The van der Waals surface area contributed by atoms with Crippen molar-refractivity contribution in [2.45, 2.75) is 20.0 Å². The summed E-state index contributed by atoms with van der Waals surface area (Å²) in [6.45, 7) is 7.50. The molecule has 0 spiro atoms. The van der Waals surface area contributed by atoms with Crippen LogP contribution in [0.25, 0.3) is 0 Å². The van der Waals surface area contributed by atoms with E-state index in [2.05, 4.69) is 32.0 Å². The van der Waals surface area contributed by atoms with Gasteiger partial charge in [-0.15, -0.1) is 52.1 Å². The van der Waals surface area contributed by atoms with Gasteiger partial charge in [0, 0.05) is 25.5 Å². The van der Waals surface area contributed by atoms with Crippen LogP contribution in [-0.2, 0) is 20.1 Å². The Morgan fingerprint density at radius 1 is 1.50 bits per heavy atom. The number of thiophene rings is 1. The van der Waals surface area contributed by atoms with Gasteiger partial charge in [-0.25, -0.2) is 4.99 Å². The van der Waals surface area contributed by atoms with Gasteiger partial charge >= 0.3 is 0 Å². The van der Waals surface area contributed by atoms with Gasteiger partial charge in [0.25, 0.3) is 0 Å². The number of hydrogen-bond donors (Lipinski definition) is 1. The lowest BCUT2D eigenvalue weighted by Crippen LogP contribution is -2.38. The van der Waals surface area contributed by atoms with Crippen LogP contribution in [0.1, 0.15) is 16.5 Å². The summed E-state index contributed by atoms with van der Waals surface area (Å²) in [5, 5.41) is 11.5. The smallest absolute Gasteiger partial charge is 0.194 e. The highest BCUT2D eigenvalue weighted by molar-refractivity contribution is 14.0. The molecule has 6 nitrogen and oxygen atoms in total. The summed E-state index contributed by atoms with van der Waals surface area (Å²) in [5.41, 5.74) is 0. The number of guanidine groups is 1. The molecule has 2 heterocycles. The normalized spacial score (nSPS) is 11.1. The van der Waals surface area contributed by atoms with E-state index in [9.17, 15) is 0 Å². The minimum Gasteiger partial charge on any atom is -0.353 e. The second-order valence-electron chi connectivity index (χ2n) is 5.09. The fourth-order valence-corrected chi connectivity index (χ4v) is 3.10. The predicted molar refractivity (Wildman–Crippen MR) is 111 cm³/mol. The first-order valence-corrected chi connectivity index (χ1v) is 8.40. The number of aromatic nitrogens is 3. The Balaban J connectivity index is 0.00000288. The molecule has 24 heavy (non-hydrogen) atoms. The Morgan fingerprint density at radius 2 is 2.25 bits per heavy atom. The first-order chi connectivity index (χ1) is 11.0. The van der Waals surface area contributed by atoms with Crippen LogP contribution >= 0.6 is 46.9 Å². The van der Waals surface area contributed by atoms with Crippen molar-refractivity contribution in [3.8, 4) is 0 Å². The Kier molecular flexibility index (Phi) is 8.71. The van der Waals surface area contributed by atoms with Gasteiger partial charge in [0.2, 0.25) is 0 Å². The molecular formula is C15H22ClIN6S. The van der Waals surface area contributed by atoms with E-state index >= 15 is 0 Å². The standard InChI is InChI=1S/C15H21ClN6S.HI/c1-5-8-17-15(18-9-14-20-19-11(2)22(14)4)21(3)10-12-6-7-13(16)23-12;/h5-7H,1,8-10H2,2-4H3,(H,17,18);1H.